The fraction of sp³-hybridized carbons (Fsp3) is 0.0667. The van der Waals surface area contributed by atoms with Crippen molar-refractivity contribution in [3.8, 4) is 5.75 Å². The lowest BCUT2D eigenvalue weighted by atomic mass is 10.2. The summed E-state index contributed by atoms with van der Waals surface area (Å²) in [5.41, 5.74) is 1.65. The Labute approximate surface area is 129 Å². The van der Waals surface area contributed by atoms with E-state index >= 15 is 0 Å². The van der Waals surface area contributed by atoms with E-state index in [4.69, 9.17) is 4.74 Å². The van der Waals surface area contributed by atoms with Gasteiger partial charge in [-0.3, -0.25) is 9.89 Å². The highest BCUT2D eigenvalue weighted by Gasteiger charge is 2.05. The largest absolute Gasteiger partial charge is 0.484 e. The summed E-state index contributed by atoms with van der Waals surface area (Å²) < 4.78 is 6.38. The van der Waals surface area contributed by atoms with Crippen molar-refractivity contribution in [3.63, 3.8) is 0 Å². The van der Waals surface area contributed by atoms with Gasteiger partial charge in [0.25, 0.3) is 5.91 Å². The molecule has 0 saturated carbocycles. The van der Waals surface area contributed by atoms with Crippen LogP contribution in [-0.2, 0) is 4.79 Å². The molecule has 2 N–H and O–H groups in total. The van der Waals surface area contributed by atoms with E-state index in [1.54, 1.807) is 18.3 Å². The third-order valence-electron chi connectivity index (χ3n) is 2.91. The number of rotatable bonds is 4. The summed E-state index contributed by atoms with van der Waals surface area (Å²) in [5.74, 6) is 0.444. The van der Waals surface area contributed by atoms with Crippen LogP contribution >= 0.6 is 15.9 Å². The number of H-pyrrole nitrogens is 1. The molecule has 0 fully saturated rings. The molecule has 1 heterocycles. The number of hydrogen-bond donors (Lipinski definition) is 2. The molecule has 0 radical (unpaired) electrons. The van der Waals surface area contributed by atoms with Gasteiger partial charge < -0.3 is 10.1 Å². The van der Waals surface area contributed by atoms with Crippen LogP contribution in [0.3, 0.4) is 0 Å². The standard InChI is InChI=1S/C15H12BrN3O2/c16-11-1-4-13(5-2-11)21-9-15(20)18-12-3-6-14-10(7-12)8-17-19-14/h1-8H,9H2,(H,17,19)(H,18,20). The van der Waals surface area contributed by atoms with E-state index in [-0.39, 0.29) is 12.5 Å². The zero-order valence-electron chi connectivity index (χ0n) is 11.0. The van der Waals surface area contributed by atoms with Crippen LogP contribution in [0.4, 0.5) is 5.69 Å². The van der Waals surface area contributed by atoms with Crippen LogP contribution in [0, 0.1) is 0 Å². The summed E-state index contributed by atoms with van der Waals surface area (Å²) in [6, 6.07) is 12.9. The summed E-state index contributed by atoms with van der Waals surface area (Å²) in [5, 5.41) is 10.5. The number of hydrogen-bond acceptors (Lipinski definition) is 3. The number of benzene rings is 2. The number of nitrogens with one attached hydrogen (secondary N) is 2. The summed E-state index contributed by atoms with van der Waals surface area (Å²) >= 11 is 3.34. The molecule has 3 aromatic rings. The molecule has 1 aromatic heterocycles. The van der Waals surface area contributed by atoms with Gasteiger partial charge in [-0.2, -0.15) is 5.10 Å². The Morgan fingerprint density at radius 3 is 2.86 bits per heavy atom. The highest BCUT2D eigenvalue weighted by molar-refractivity contribution is 9.10. The van der Waals surface area contributed by atoms with Crippen LogP contribution in [0.5, 0.6) is 5.75 Å². The third kappa shape index (κ3) is 3.41. The Morgan fingerprint density at radius 1 is 1.24 bits per heavy atom. The minimum atomic E-state index is -0.208. The number of halogens is 1. The molecule has 3 rings (SSSR count). The van der Waals surface area contributed by atoms with Crippen LogP contribution in [0.2, 0.25) is 0 Å². The Kier molecular flexibility index (Phi) is 3.87. The highest BCUT2D eigenvalue weighted by Crippen LogP contribution is 2.18. The molecular formula is C15H12BrN3O2. The van der Waals surface area contributed by atoms with Gasteiger partial charge in [0.2, 0.25) is 0 Å². The van der Waals surface area contributed by atoms with Gasteiger partial charge >= 0.3 is 0 Å². The second-order valence-corrected chi connectivity index (χ2v) is 5.38. The quantitative estimate of drug-likeness (QED) is 0.761. The van der Waals surface area contributed by atoms with Gasteiger partial charge in [-0.15, -0.1) is 0 Å². The molecule has 0 spiro atoms. The SMILES string of the molecule is O=C(COc1ccc(Br)cc1)Nc1ccc2[nH]ncc2c1. The first-order chi connectivity index (χ1) is 10.2. The monoisotopic (exact) mass is 345 g/mol. The van der Waals surface area contributed by atoms with Gasteiger partial charge in [0.05, 0.1) is 11.7 Å². The first kappa shape index (κ1) is 13.6. The maximum Gasteiger partial charge on any atom is 0.262 e. The Hall–Kier alpha value is -2.34. The lowest BCUT2D eigenvalue weighted by molar-refractivity contribution is -0.118. The van der Waals surface area contributed by atoms with E-state index in [2.05, 4.69) is 31.4 Å². The third-order valence-corrected chi connectivity index (χ3v) is 3.44. The summed E-state index contributed by atoms with van der Waals surface area (Å²) in [4.78, 5) is 11.9. The average molecular weight is 346 g/mol. The van der Waals surface area contributed by atoms with Crippen molar-refractivity contribution in [2.45, 2.75) is 0 Å². The van der Waals surface area contributed by atoms with Crippen LogP contribution in [0.1, 0.15) is 0 Å². The van der Waals surface area contributed by atoms with Crippen molar-refractivity contribution in [1.29, 1.82) is 0 Å². The van der Waals surface area contributed by atoms with Gasteiger partial charge in [0.15, 0.2) is 6.61 Å². The number of carbonyl (C=O) groups is 1. The predicted octanol–water partition coefficient (Wildman–Crippen LogP) is 3.34. The highest BCUT2D eigenvalue weighted by atomic mass is 79.9. The fourth-order valence-corrected chi connectivity index (χ4v) is 2.16. The van der Waals surface area contributed by atoms with Crippen molar-refractivity contribution in [3.05, 3.63) is 53.1 Å². The van der Waals surface area contributed by atoms with Gasteiger partial charge in [-0.25, -0.2) is 0 Å². The number of carbonyl (C=O) groups excluding carboxylic acids is 1. The second-order valence-electron chi connectivity index (χ2n) is 4.46. The lowest BCUT2D eigenvalue weighted by Gasteiger charge is -2.07. The van der Waals surface area contributed by atoms with Crippen molar-refractivity contribution in [2.24, 2.45) is 0 Å². The molecule has 0 bridgehead atoms. The summed E-state index contributed by atoms with van der Waals surface area (Å²) in [7, 11) is 0. The van der Waals surface area contributed by atoms with Crippen molar-refractivity contribution in [2.75, 3.05) is 11.9 Å². The molecule has 0 aliphatic rings. The van der Waals surface area contributed by atoms with E-state index < -0.39 is 0 Å². The molecular weight excluding hydrogens is 334 g/mol. The average Bonchev–Trinajstić information content (AvgIpc) is 2.94. The number of aromatic amines is 1. The summed E-state index contributed by atoms with van der Waals surface area (Å²) in [6.45, 7) is -0.0367. The van der Waals surface area contributed by atoms with Gasteiger partial charge in [0, 0.05) is 15.5 Å². The zero-order chi connectivity index (χ0) is 14.7. The van der Waals surface area contributed by atoms with Crippen LogP contribution in [0.15, 0.2) is 53.1 Å². The maximum absolute atomic E-state index is 11.9. The van der Waals surface area contributed by atoms with Crippen molar-refractivity contribution < 1.29 is 9.53 Å². The molecule has 6 heteroatoms. The Balaban J connectivity index is 1.59. The molecule has 5 nitrogen and oxygen atoms in total. The minimum absolute atomic E-state index is 0.0367. The van der Waals surface area contributed by atoms with Crippen LogP contribution in [-0.4, -0.2) is 22.7 Å². The molecule has 21 heavy (non-hydrogen) atoms. The van der Waals surface area contributed by atoms with Gasteiger partial charge in [-0.1, -0.05) is 15.9 Å². The lowest BCUT2D eigenvalue weighted by Crippen LogP contribution is -2.20. The number of aromatic nitrogens is 2. The van der Waals surface area contributed by atoms with E-state index in [9.17, 15) is 4.79 Å². The molecule has 0 aliphatic heterocycles. The fourth-order valence-electron chi connectivity index (χ4n) is 1.90. The topological polar surface area (TPSA) is 67.0 Å². The molecule has 0 saturated heterocycles. The smallest absolute Gasteiger partial charge is 0.262 e. The predicted molar refractivity (Wildman–Crippen MR) is 84.4 cm³/mol. The van der Waals surface area contributed by atoms with E-state index in [1.807, 2.05) is 30.3 Å². The minimum Gasteiger partial charge on any atom is -0.484 e. The molecule has 1 amide bonds. The van der Waals surface area contributed by atoms with E-state index in [0.29, 0.717) is 11.4 Å². The maximum atomic E-state index is 11.9. The number of amides is 1. The van der Waals surface area contributed by atoms with E-state index in [0.717, 1.165) is 15.4 Å². The Morgan fingerprint density at radius 2 is 2.05 bits per heavy atom. The van der Waals surface area contributed by atoms with Gasteiger partial charge in [0.1, 0.15) is 5.75 Å². The van der Waals surface area contributed by atoms with Crippen molar-refractivity contribution in [1.82, 2.24) is 10.2 Å². The zero-order valence-corrected chi connectivity index (χ0v) is 12.6. The summed E-state index contributed by atoms with van der Waals surface area (Å²) in [6.07, 6.45) is 1.71. The number of anilines is 1. The Bertz CT molecular complexity index is 768. The molecule has 0 aliphatic carbocycles. The first-order valence-electron chi connectivity index (χ1n) is 6.32. The normalized spacial score (nSPS) is 10.5. The van der Waals surface area contributed by atoms with Crippen LogP contribution in [0.25, 0.3) is 10.9 Å². The molecule has 0 atom stereocenters. The number of fused-ring (bicyclic) bond motifs is 1. The van der Waals surface area contributed by atoms with Gasteiger partial charge in [-0.05, 0) is 42.5 Å². The van der Waals surface area contributed by atoms with E-state index in [1.165, 1.54) is 0 Å². The molecule has 2 aromatic carbocycles. The first-order valence-corrected chi connectivity index (χ1v) is 7.11. The number of ether oxygens (including phenoxy) is 1. The van der Waals surface area contributed by atoms with Crippen molar-refractivity contribution >= 4 is 38.4 Å². The van der Waals surface area contributed by atoms with Crippen LogP contribution < -0.4 is 10.1 Å². The molecule has 0 unspecified atom stereocenters. The molecule has 106 valence electrons. The second kappa shape index (κ2) is 5.97. The number of nitrogens with zero attached hydrogens (tertiary/aromatic N) is 1.